The number of furan rings is 1. The molecule has 1 amide bonds. The molecule has 17 heavy (non-hydrogen) atoms. The number of benzene rings is 1. The molecule has 0 saturated carbocycles. The Hall–Kier alpha value is -2.10. The Morgan fingerprint density at radius 2 is 2.18 bits per heavy atom. The molecule has 0 aliphatic rings. The Balaban J connectivity index is 2.07. The fourth-order valence-electron chi connectivity index (χ4n) is 1.52. The van der Waals surface area contributed by atoms with E-state index in [0.717, 1.165) is 0 Å². The molecular weight excluding hydrogens is 221 g/mol. The third kappa shape index (κ3) is 2.72. The predicted octanol–water partition coefficient (Wildman–Crippen LogP) is 2.91. The van der Waals surface area contributed by atoms with Gasteiger partial charge in [-0.2, -0.15) is 0 Å². The van der Waals surface area contributed by atoms with Gasteiger partial charge in [0.2, 0.25) is 0 Å². The number of carbonyl (C=O) groups excluding carboxylic acids is 1. The first kappa shape index (κ1) is 11.4. The van der Waals surface area contributed by atoms with E-state index >= 15 is 0 Å². The fourth-order valence-corrected chi connectivity index (χ4v) is 1.52. The van der Waals surface area contributed by atoms with Crippen LogP contribution in [0.2, 0.25) is 0 Å². The van der Waals surface area contributed by atoms with Crippen LogP contribution >= 0.6 is 0 Å². The quantitative estimate of drug-likeness (QED) is 0.885. The molecule has 4 heteroatoms. The third-order valence-corrected chi connectivity index (χ3v) is 2.40. The van der Waals surface area contributed by atoms with Gasteiger partial charge in [0, 0.05) is 5.56 Å². The van der Waals surface area contributed by atoms with Gasteiger partial charge in [-0.1, -0.05) is 6.07 Å². The van der Waals surface area contributed by atoms with Crippen molar-refractivity contribution >= 4 is 5.91 Å². The van der Waals surface area contributed by atoms with E-state index in [2.05, 4.69) is 5.32 Å². The highest BCUT2D eigenvalue weighted by molar-refractivity contribution is 5.94. The highest BCUT2D eigenvalue weighted by Gasteiger charge is 2.13. The maximum Gasteiger partial charge on any atom is 0.251 e. The molecule has 0 aliphatic carbocycles. The van der Waals surface area contributed by atoms with Gasteiger partial charge >= 0.3 is 0 Å². The first-order valence-electron chi connectivity index (χ1n) is 5.26. The summed E-state index contributed by atoms with van der Waals surface area (Å²) < 4.78 is 18.1. The van der Waals surface area contributed by atoms with Gasteiger partial charge in [0.25, 0.3) is 5.91 Å². The zero-order chi connectivity index (χ0) is 12.3. The van der Waals surface area contributed by atoms with Crippen LogP contribution in [-0.4, -0.2) is 5.91 Å². The summed E-state index contributed by atoms with van der Waals surface area (Å²) in [5.41, 5.74) is 0.295. The van der Waals surface area contributed by atoms with Crippen molar-refractivity contribution in [1.82, 2.24) is 5.32 Å². The van der Waals surface area contributed by atoms with Gasteiger partial charge in [-0.3, -0.25) is 4.79 Å². The Morgan fingerprint density at radius 3 is 2.82 bits per heavy atom. The first-order chi connectivity index (χ1) is 8.16. The molecule has 0 bridgehead atoms. The lowest BCUT2D eigenvalue weighted by molar-refractivity contribution is 0.0935. The van der Waals surface area contributed by atoms with Crippen molar-refractivity contribution in [2.45, 2.75) is 13.0 Å². The molecule has 1 N–H and O–H groups in total. The van der Waals surface area contributed by atoms with E-state index in [1.807, 2.05) is 0 Å². The smallest absolute Gasteiger partial charge is 0.251 e. The van der Waals surface area contributed by atoms with Crippen LogP contribution < -0.4 is 5.32 Å². The van der Waals surface area contributed by atoms with Crippen LogP contribution in [0.15, 0.2) is 47.1 Å². The summed E-state index contributed by atoms with van der Waals surface area (Å²) in [5, 5.41) is 2.73. The van der Waals surface area contributed by atoms with Crippen molar-refractivity contribution in [3.63, 3.8) is 0 Å². The van der Waals surface area contributed by atoms with Crippen LogP contribution in [-0.2, 0) is 0 Å². The standard InChI is InChI=1S/C13H12FNO2/c1-9(12-6-3-7-17-12)15-13(16)10-4-2-5-11(14)8-10/h2-9H,1H3,(H,15,16). The summed E-state index contributed by atoms with van der Waals surface area (Å²) in [6.07, 6.45) is 1.54. The largest absolute Gasteiger partial charge is 0.467 e. The minimum atomic E-state index is -0.427. The lowest BCUT2D eigenvalue weighted by atomic mass is 10.2. The highest BCUT2D eigenvalue weighted by atomic mass is 19.1. The molecular formula is C13H12FNO2. The molecule has 3 nitrogen and oxygen atoms in total. The fraction of sp³-hybridized carbons (Fsp3) is 0.154. The molecule has 1 aromatic heterocycles. The molecule has 2 rings (SSSR count). The second-order valence-corrected chi connectivity index (χ2v) is 3.72. The molecule has 0 fully saturated rings. The van der Waals surface area contributed by atoms with E-state index in [0.29, 0.717) is 11.3 Å². The van der Waals surface area contributed by atoms with Crippen molar-refractivity contribution in [2.75, 3.05) is 0 Å². The van der Waals surface area contributed by atoms with E-state index < -0.39 is 5.82 Å². The summed E-state index contributed by atoms with van der Waals surface area (Å²) in [7, 11) is 0. The molecule has 1 aromatic carbocycles. The van der Waals surface area contributed by atoms with Gasteiger partial charge in [-0.25, -0.2) is 4.39 Å². The zero-order valence-electron chi connectivity index (χ0n) is 9.31. The van der Waals surface area contributed by atoms with Gasteiger partial charge in [-0.15, -0.1) is 0 Å². The number of hydrogen-bond donors (Lipinski definition) is 1. The maximum atomic E-state index is 12.9. The third-order valence-electron chi connectivity index (χ3n) is 2.40. The second kappa shape index (κ2) is 4.82. The lowest BCUT2D eigenvalue weighted by Gasteiger charge is -2.11. The van der Waals surface area contributed by atoms with Gasteiger partial charge in [-0.05, 0) is 37.3 Å². The van der Waals surface area contributed by atoms with Gasteiger partial charge in [0.1, 0.15) is 11.6 Å². The topological polar surface area (TPSA) is 42.2 Å². The number of rotatable bonds is 3. The highest BCUT2D eigenvalue weighted by Crippen LogP contribution is 2.13. The van der Waals surface area contributed by atoms with E-state index in [1.165, 1.54) is 18.2 Å². The summed E-state index contributed by atoms with van der Waals surface area (Å²) in [5.74, 6) is -0.0912. The summed E-state index contributed by atoms with van der Waals surface area (Å²) in [6, 6.07) is 8.84. The van der Waals surface area contributed by atoms with Crippen molar-refractivity contribution < 1.29 is 13.6 Å². The number of hydrogen-bond acceptors (Lipinski definition) is 2. The van der Waals surface area contributed by atoms with Gasteiger partial charge in [0.15, 0.2) is 0 Å². The molecule has 1 heterocycles. The molecule has 0 spiro atoms. The van der Waals surface area contributed by atoms with Gasteiger partial charge in [0.05, 0.1) is 12.3 Å². The molecule has 1 atom stereocenters. The summed E-state index contributed by atoms with van der Waals surface area (Å²) >= 11 is 0. The van der Waals surface area contributed by atoms with E-state index in [4.69, 9.17) is 4.42 Å². The van der Waals surface area contributed by atoms with Crippen LogP contribution in [0.3, 0.4) is 0 Å². The summed E-state index contributed by atoms with van der Waals surface area (Å²) in [6.45, 7) is 1.80. The first-order valence-corrected chi connectivity index (χ1v) is 5.26. The van der Waals surface area contributed by atoms with E-state index in [-0.39, 0.29) is 11.9 Å². The Bertz CT molecular complexity index is 508. The SMILES string of the molecule is CC(NC(=O)c1cccc(F)c1)c1ccco1. The van der Waals surface area contributed by atoms with Crippen LogP contribution in [0.25, 0.3) is 0 Å². The molecule has 1 unspecified atom stereocenters. The maximum absolute atomic E-state index is 12.9. The lowest BCUT2D eigenvalue weighted by Crippen LogP contribution is -2.26. The Labute approximate surface area is 98.3 Å². The van der Waals surface area contributed by atoms with Crippen molar-refractivity contribution in [3.8, 4) is 0 Å². The number of halogens is 1. The zero-order valence-corrected chi connectivity index (χ0v) is 9.31. The minimum Gasteiger partial charge on any atom is -0.467 e. The van der Waals surface area contributed by atoms with E-state index in [9.17, 15) is 9.18 Å². The normalized spacial score (nSPS) is 12.1. The average molecular weight is 233 g/mol. The number of carbonyl (C=O) groups is 1. The van der Waals surface area contributed by atoms with E-state index in [1.54, 1.807) is 31.4 Å². The number of nitrogens with one attached hydrogen (secondary N) is 1. The predicted molar refractivity (Wildman–Crippen MR) is 61.0 cm³/mol. The Morgan fingerprint density at radius 1 is 1.35 bits per heavy atom. The average Bonchev–Trinajstić information content (AvgIpc) is 2.82. The van der Waals surface area contributed by atoms with Crippen molar-refractivity contribution in [3.05, 3.63) is 59.8 Å². The number of amides is 1. The molecule has 0 aliphatic heterocycles. The molecule has 2 aromatic rings. The van der Waals surface area contributed by atoms with Crippen LogP contribution in [0.1, 0.15) is 29.1 Å². The van der Waals surface area contributed by atoms with Crippen LogP contribution in [0.5, 0.6) is 0 Å². The van der Waals surface area contributed by atoms with Crippen LogP contribution in [0.4, 0.5) is 4.39 Å². The summed E-state index contributed by atoms with van der Waals surface area (Å²) in [4.78, 5) is 11.8. The molecule has 88 valence electrons. The second-order valence-electron chi connectivity index (χ2n) is 3.72. The van der Waals surface area contributed by atoms with Crippen molar-refractivity contribution in [2.24, 2.45) is 0 Å². The molecule has 0 radical (unpaired) electrons. The van der Waals surface area contributed by atoms with Crippen molar-refractivity contribution in [1.29, 1.82) is 0 Å². The van der Waals surface area contributed by atoms with Gasteiger partial charge < -0.3 is 9.73 Å². The monoisotopic (exact) mass is 233 g/mol. The van der Waals surface area contributed by atoms with Crippen LogP contribution in [0, 0.1) is 5.82 Å². The molecule has 0 saturated heterocycles. The minimum absolute atomic E-state index is 0.249. The Kier molecular flexibility index (Phi) is 3.23.